The molecule has 0 heterocycles. The van der Waals surface area contributed by atoms with Crippen LogP contribution in [0.3, 0.4) is 0 Å². The summed E-state index contributed by atoms with van der Waals surface area (Å²) in [6.07, 6.45) is 0. The lowest BCUT2D eigenvalue weighted by atomic mass is 10.1. The van der Waals surface area contributed by atoms with E-state index in [0.29, 0.717) is 5.75 Å². The van der Waals surface area contributed by atoms with Crippen molar-refractivity contribution in [3.63, 3.8) is 0 Å². The number of anilines is 1. The first kappa shape index (κ1) is 15.8. The molecule has 0 atom stereocenters. The highest BCUT2D eigenvalue weighted by Crippen LogP contribution is 2.34. The van der Waals surface area contributed by atoms with Crippen LogP contribution in [0.4, 0.5) is 5.69 Å². The maximum Gasteiger partial charge on any atom is 0.240 e. The van der Waals surface area contributed by atoms with Gasteiger partial charge in [0.15, 0.2) is 5.75 Å². The second-order valence-electron chi connectivity index (χ2n) is 4.69. The highest BCUT2D eigenvalue weighted by molar-refractivity contribution is 9.10. The zero-order valence-electron chi connectivity index (χ0n) is 11.6. The molecule has 112 valence electrons. The zero-order chi connectivity index (χ0) is 15.8. The van der Waals surface area contributed by atoms with Gasteiger partial charge >= 0.3 is 0 Å². The molecule has 5 nitrogen and oxygen atoms in total. The first-order valence-corrected chi connectivity index (χ1v) is 8.40. The van der Waals surface area contributed by atoms with E-state index in [0.717, 1.165) is 15.6 Å². The van der Waals surface area contributed by atoms with Gasteiger partial charge in [0.1, 0.15) is 10.6 Å². The lowest BCUT2D eigenvalue weighted by molar-refractivity contribution is 0.482. The van der Waals surface area contributed by atoms with Gasteiger partial charge in [0.2, 0.25) is 10.0 Å². The first-order chi connectivity index (χ1) is 9.70. The molecule has 0 aliphatic heterocycles. The van der Waals surface area contributed by atoms with E-state index in [4.69, 9.17) is 15.6 Å². The number of para-hydroxylation sites is 1. The van der Waals surface area contributed by atoms with Gasteiger partial charge in [0, 0.05) is 4.47 Å². The third kappa shape index (κ3) is 3.37. The fourth-order valence-corrected chi connectivity index (χ4v) is 2.86. The largest absolute Gasteiger partial charge is 0.455 e. The number of nitrogen functional groups attached to an aromatic ring is 1. The highest BCUT2D eigenvalue weighted by atomic mass is 79.9. The topological polar surface area (TPSA) is 95.4 Å². The maximum absolute atomic E-state index is 11.4. The van der Waals surface area contributed by atoms with Crippen molar-refractivity contribution in [2.45, 2.75) is 18.7 Å². The van der Waals surface area contributed by atoms with Crippen molar-refractivity contribution in [2.75, 3.05) is 5.73 Å². The summed E-state index contributed by atoms with van der Waals surface area (Å²) in [6.45, 7) is 3.88. The summed E-state index contributed by atoms with van der Waals surface area (Å²) in [5, 5.41) is 5.12. The van der Waals surface area contributed by atoms with Crippen LogP contribution in [-0.4, -0.2) is 8.42 Å². The van der Waals surface area contributed by atoms with Gasteiger partial charge in [-0.15, -0.1) is 0 Å². The number of sulfonamides is 1. The molecule has 7 heteroatoms. The molecule has 0 fully saturated rings. The molecule has 0 saturated carbocycles. The number of rotatable bonds is 3. The van der Waals surface area contributed by atoms with E-state index in [9.17, 15) is 8.42 Å². The molecule has 0 aliphatic carbocycles. The van der Waals surface area contributed by atoms with Crippen LogP contribution in [0, 0.1) is 13.8 Å². The number of primary sulfonamides is 1. The predicted octanol–water partition coefficient (Wildman–Crippen LogP) is 3.09. The molecule has 4 N–H and O–H groups in total. The van der Waals surface area contributed by atoms with E-state index in [1.807, 2.05) is 26.0 Å². The summed E-state index contributed by atoms with van der Waals surface area (Å²) >= 11 is 3.47. The Morgan fingerprint density at radius 1 is 1.14 bits per heavy atom. The van der Waals surface area contributed by atoms with Gasteiger partial charge < -0.3 is 10.5 Å². The number of hydrogen-bond acceptors (Lipinski definition) is 4. The quantitative estimate of drug-likeness (QED) is 0.811. The Morgan fingerprint density at radius 2 is 1.71 bits per heavy atom. The molecule has 0 amide bonds. The normalized spacial score (nSPS) is 11.4. The van der Waals surface area contributed by atoms with Crippen molar-refractivity contribution < 1.29 is 13.2 Å². The van der Waals surface area contributed by atoms with Crippen LogP contribution in [0.1, 0.15) is 11.1 Å². The van der Waals surface area contributed by atoms with Crippen LogP contribution in [0.25, 0.3) is 0 Å². The van der Waals surface area contributed by atoms with E-state index >= 15 is 0 Å². The number of aryl methyl sites for hydroxylation is 2. The second-order valence-corrected chi connectivity index (χ2v) is 7.01. The van der Waals surface area contributed by atoms with Gasteiger partial charge in [-0.3, -0.25) is 0 Å². The van der Waals surface area contributed by atoms with E-state index in [1.54, 1.807) is 6.07 Å². The van der Waals surface area contributed by atoms with E-state index in [-0.39, 0.29) is 16.3 Å². The minimum Gasteiger partial charge on any atom is -0.455 e. The smallest absolute Gasteiger partial charge is 0.240 e. The van der Waals surface area contributed by atoms with Gasteiger partial charge in [0.05, 0.1) is 5.69 Å². The fraction of sp³-hybridized carbons (Fsp3) is 0.143. The highest BCUT2D eigenvalue weighted by Gasteiger charge is 2.16. The standard InChI is InChI=1S/C14H15BrN2O3S/c1-8-6-10(7-9(2)13(8)15)20-11-4-3-5-12(14(11)16)21(17,18)19/h3-7H,16H2,1-2H3,(H2,17,18,19). The third-order valence-corrected chi connectivity index (χ3v) is 5.19. The maximum atomic E-state index is 11.4. The average molecular weight is 371 g/mol. The molecule has 2 aromatic rings. The predicted molar refractivity (Wildman–Crippen MR) is 85.9 cm³/mol. The van der Waals surface area contributed by atoms with Gasteiger partial charge in [0.25, 0.3) is 0 Å². The molecular weight excluding hydrogens is 356 g/mol. The van der Waals surface area contributed by atoms with Crippen molar-refractivity contribution in [1.29, 1.82) is 0 Å². The molecule has 0 spiro atoms. The number of ether oxygens (including phenoxy) is 1. The monoisotopic (exact) mass is 370 g/mol. The number of benzene rings is 2. The second kappa shape index (κ2) is 5.67. The molecule has 0 aromatic heterocycles. The number of nitrogens with two attached hydrogens (primary N) is 2. The minimum absolute atomic E-state index is 0.00164. The lowest BCUT2D eigenvalue weighted by Crippen LogP contribution is -2.14. The number of hydrogen-bond donors (Lipinski definition) is 2. The molecule has 0 bridgehead atoms. The summed E-state index contributed by atoms with van der Waals surface area (Å²) in [5.74, 6) is 0.828. The Kier molecular flexibility index (Phi) is 4.27. The molecule has 0 saturated heterocycles. The Hall–Kier alpha value is -1.57. The molecule has 0 unspecified atom stereocenters. The minimum atomic E-state index is -3.88. The van der Waals surface area contributed by atoms with Crippen LogP contribution < -0.4 is 15.6 Å². The first-order valence-electron chi connectivity index (χ1n) is 6.06. The molecule has 0 radical (unpaired) electrons. The van der Waals surface area contributed by atoms with Crippen molar-refractivity contribution in [3.05, 3.63) is 45.9 Å². The van der Waals surface area contributed by atoms with Gasteiger partial charge in [-0.25, -0.2) is 13.6 Å². The lowest BCUT2D eigenvalue weighted by Gasteiger charge is -2.13. The summed E-state index contributed by atoms with van der Waals surface area (Å²) in [4.78, 5) is -0.148. The molecule has 2 rings (SSSR count). The molecule has 0 aliphatic rings. The average Bonchev–Trinajstić information content (AvgIpc) is 2.37. The Labute approximate surface area is 132 Å². The van der Waals surface area contributed by atoms with Crippen LogP contribution in [-0.2, 0) is 10.0 Å². The van der Waals surface area contributed by atoms with E-state index < -0.39 is 10.0 Å². The summed E-state index contributed by atoms with van der Waals surface area (Å²) in [5.41, 5.74) is 7.84. The van der Waals surface area contributed by atoms with Crippen LogP contribution in [0.2, 0.25) is 0 Å². The van der Waals surface area contributed by atoms with Gasteiger partial charge in [-0.1, -0.05) is 22.0 Å². The fourth-order valence-electron chi connectivity index (χ4n) is 1.95. The van der Waals surface area contributed by atoms with E-state index in [2.05, 4.69) is 15.9 Å². The van der Waals surface area contributed by atoms with Crippen molar-refractivity contribution in [1.82, 2.24) is 0 Å². The number of halogens is 1. The van der Waals surface area contributed by atoms with Crippen molar-refractivity contribution in [2.24, 2.45) is 5.14 Å². The Bertz CT molecular complexity index is 781. The molecule has 2 aromatic carbocycles. The van der Waals surface area contributed by atoms with Crippen LogP contribution in [0.5, 0.6) is 11.5 Å². The Balaban J connectivity index is 2.46. The summed E-state index contributed by atoms with van der Waals surface area (Å²) < 4.78 is 29.6. The third-order valence-electron chi connectivity index (χ3n) is 2.97. The Morgan fingerprint density at radius 3 is 2.24 bits per heavy atom. The zero-order valence-corrected chi connectivity index (χ0v) is 14.0. The van der Waals surface area contributed by atoms with Crippen LogP contribution in [0.15, 0.2) is 39.7 Å². The summed E-state index contributed by atoms with van der Waals surface area (Å²) in [6, 6.07) is 8.14. The van der Waals surface area contributed by atoms with E-state index in [1.165, 1.54) is 12.1 Å². The van der Waals surface area contributed by atoms with Crippen LogP contribution >= 0.6 is 15.9 Å². The van der Waals surface area contributed by atoms with Crippen molar-refractivity contribution in [3.8, 4) is 11.5 Å². The van der Waals surface area contributed by atoms with Gasteiger partial charge in [-0.05, 0) is 49.2 Å². The summed E-state index contributed by atoms with van der Waals surface area (Å²) in [7, 11) is -3.88. The molecular formula is C14H15BrN2O3S. The van der Waals surface area contributed by atoms with Gasteiger partial charge in [-0.2, -0.15) is 0 Å². The SMILES string of the molecule is Cc1cc(Oc2cccc(S(N)(=O)=O)c2N)cc(C)c1Br. The van der Waals surface area contributed by atoms with Crippen molar-refractivity contribution >= 4 is 31.6 Å². The molecule has 21 heavy (non-hydrogen) atoms.